The van der Waals surface area contributed by atoms with Gasteiger partial charge in [-0.05, 0) is 6.07 Å². The Labute approximate surface area is 123 Å². The third-order valence-corrected chi connectivity index (χ3v) is 3.75. The molecule has 5 nitrogen and oxygen atoms in total. The summed E-state index contributed by atoms with van der Waals surface area (Å²) in [5, 5.41) is 8.05. The molecule has 0 atom stereocenters. The van der Waals surface area contributed by atoms with Gasteiger partial charge < -0.3 is 9.32 Å². The van der Waals surface area contributed by atoms with E-state index < -0.39 is 0 Å². The van der Waals surface area contributed by atoms with Crippen LogP contribution in [0.5, 0.6) is 0 Å². The molecular formula is C15H19FN4O. The van der Waals surface area contributed by atoms with E-state index in [0.717, 1.165) is 38.2 Å². The smallest absolute Gasteiger partial charge is 0.318 e. The third-order valence-electron chi connectivity index (χ3n) is 3.75. The van der Waals surface area contributed by atoms with E-state index >= 15 is 0 Å². The number of benzene rings is 1. The van der Waals surface area contributed by atoms with Gasteiger partial charge in [0.2, 0.25) is 5.89 Å². The van der Waals surface area contributed by atoms with Crippen molar-refractivity contribution in [3.8, 4) is 0 Å². The molecule has 1 aromatic carbocycles. The fraction of sp³-hybridized carbons (Fsp3) is 0.467. The lowest BCUT2D eigenvalue weighted by Gasteiger charge is -2.33. The van der Waals surface area contributed by atoms with Crippen molar-refractivity contribution in [1.29, 1.82) is 0 Å². The molecule has 21 heavy (non-hydrogen) atoms. The van der Waals surface area contributed by atoms with E-state index in [1.165, 1.54) is 6.07 Å². The second kappa shape index (κ2) is 6.22. The Kier molecular flexibility index (Phi) is 4.15. The van der Waals surface area contributed by atoms with E-state index in [0.29, 0.717) is 18.5 Å². The maximum Gasteiger partial charge on any atom is 0.318 e. The molecule has 1 saturated heterocycles. The lowest BCUT2D eigenvalue weighted by atomic mass is 10.2. The first-order valence-electron chi connectivity index (χ1n) is 7.29. The van der Waals surface area contributed by atoms with Crippen molar-refractivity contribution in [3.63, 3.8) is 0 Å². The monoisotopic (exact) mass is 290 g/mol. The van der Waals surface area contributed by atoms with Crippen molar-refractivity contribution in [1.82, 2.24) is 15.1 Å². The number of aromatic nitrogens is 2. The van der Waals surface area contributed by atoms with Gasteiger partial charge in [0.15, 0.2) is 0 Å². The van der Waals surface area contributed by atoms with Crippen LogP contribution in [0.25, 0.3) is 0 Å². The van der Waals surface area contributed by atoms with Gasteiger partial charge in [-0.25, -0.2) is 4.39 Å². The summed E-state index contributed by atoms with van der Waals surface area (Å²) in [5.74, 6) is 0.531. The number of piperazine rings is 1. The number of hydrogen-bond acceptors (Lipinski definition) is 5. The lowest BCUT2D eigenvalue weighted by Crippen LogP contribution is -2.46. The van der Waals surface area contributed by atoms with Crippen LogP contribution in [0.15, 0.2) is 28.7 Å². The molecule has 0 saturated carbocycles. The van der Waals surface area contributed by atoms with Crippen LogP contribution in [0.4, 0.5) is 10.4 Å². The number of anilines is 1. The molecular weight excluding hydrogens is 271 g/mol. The highest BCUT2D eigenvalue weighted by Gasteiger charge is 2.21. The van der Waals surface area contributed by atoms with Crippen molar-refractivity contribution in [2.75, 3.05) is 31.1 Å². The zero-order valence-electron chi connectivity index (χ0n) is 12.1. The predicted molar refractivity (Wildman–Crippen MR) is 77.6 cm³/mol. The number of halogens is 1. The molecule has 1 aromatic heterocycles. The van der Waals surface area contributed by atoms with Crippen LogP contribution < -0.4 is 4.90 Å². The van der Waals surface area contributed by atoms with E-state index in [-0.39, 0.29) is 5.82 Å². The molecule has 0 unspecified atom stereocenters. The average Bonchev–Trinajstić information content (AvgIpc) is 2.99. The van der Waals surface area contributed by atoms with E-state index in [4.69, 9.17) is 4.42 Å². The zero-order valence-corrected chi connectivity index (χ0v) is 12.1. The fourth-order valence-corrected chi connectivity index (χ4v) is 2.48. The molecule has 112 valence electrons. The predicted octanol–water partition coefficient (Wildman–Crippen LogP) is 2.09. The first-order chi connectivity index (χ1) is 10.3. The Balaban J connectivity index is 1.56. The third kappa shape index (κ3) is 3.21. The summed E-state index contributed by atoms with van der Waals surface area (Å²) in [6.45, 7) is 5.99. The Bertz CT molecular complexity index is 593. The maximum atomic E-state index is 13.7. The molecule has 1 aliphatic heterocycles. The van der Waals surface area contributed by atoms with Crippen LogP contribution in [0.3, 0.4) is 0 Å². The summed E-state index contributed by atoms with van der Waals surface area (Å²) in [7, 11) is 0. The van der Waals surface area contributed by atoms with Gasteiger partial charge in [0.05, 0.1) is 0 Å². The second-order valence-corrected chi connectivity index (χ2v) is 5.19. The molecule has 0 bridgehead atoms. The summed E-state index contributed by atoms with van der Waals surface area (Å²) in [5.41, 5.74) is 0.747. The fourth-order valence-electron chi connectivity index (χ4n) is 2.48. The highest BCUT2D eigenvalue weighted by Crippen LogP contribution is 2.17. The number of nitrogens with zero attached hydrogens (tertiary/aromatic N) is 4. The number of hydrogen-bond donors (Lipinski definition) is 0. The van der Waals surface area contributed by atoms with Crippen LogP contribution in [0.2, 0.25) is 0 Å². The highest BCUT2D eigenvalue weighted by atomic mass is 19.1. The minimum absolute atomic E-state index is 0.135. The van der Waals surface area contributed by atoms with Crippen molar-refractivity contribution in [3.05, 3.63) is 41.5 Å². The van der Waals surface area contributed by atoms with Gasteiger partial charge in [0, 0.05) is 44.7 Å². The minimum atomic E-state index is -0.135. The summed E-state index contributed by atoms with van der Waals surface area (Å²) in [6, 6.07) is 7.54. The van der Waals surface area contributed by atoms with Gasteiger partial charge in [-0.2, -0.15) is 0 Å². The Morgan fingerprint density at radius 3 is 2.57 bits per heavy atom. The molecule has 2 heterocycles. The summed E-state index contributed by atoms with van der Waals surface area (Å²) >= 11 is 0. The van der Waals surface area contributed by atoms with Crippen molar-refractivity contribution < 1.29 is 8.81 Å². The van der Waals surface area contributed by atoms with E-state index in [1.54, 1.807) is 6.07 Å². The zero-order chi connectivity index (χ0) is 14.7. The topological polar surface area (TPSA) is 45.4 Å². The average molecular weight is 290 g/mol. The summed E-state index contributed by atoms with van der Waals surface area (Å²) < 4.78 is 19.2. The Morgan fingerprint density at radius 1 is 1.14 bits per heavy atom. The van der Waals surface area contributed by atoms with Crippen LogP contribution in [-0.2, 0) is 13.0 Å². The van der Waals surface area contributed by atoms with Crippen LogP contribution in [0.1, 0.15) is 18.4 Å². The normalized spacial score (nSPS) is 16.4. The molecule has 1 fully saturated rings. The molecule has 0 radical (unpaired) electrons. The molecule has 0 spiro atoms. The van der Waals surface area contributed by atoms with Crippen molar-refractivity contribution in [2.45, 2.75) is 19.9 Å². The van der Waals surface area contributed by atoms with Gasteiger partial charge in [-0.3, -0.25) is 4.90 Å². The van der Waals surface area contributed by atoms with E-state index in [2.05, 4.69) is 20.0 Å². The first kappa shape index (κ1) is 14.0. The maximum absolute atomic E-state index is 13.7. The van der Waals surface area contributed by atoms with Crippen LogP contribution in [-0.4, -0.2) is 41.3 Å². The first-order valence-corrected chi connectivity index (χ1v) is 7.29. The van der Waals surface area contributed by atoms with Gasteiger partial charge in [0.1, 0.15) is 5.82 Å². The molecule has 0 N–H and O–H groups in total. The quantitative estimate of drug-likeness (QED) is 0.863. The lowest BCUT2D eigenvalue weighted by molar-refractivity contribution is 0.241. The SMILES string of the molecule is CCc1nnc(N2CCN(Cc3ccccc3F)CC2)o1. The van der Waals surface area contributed by atoms with Gasteiger partial charge in [-0.1, -0.05) is 30.2 Å². The largest absolute Gasteiger partial charge is 0.408 e. The molecule has 2 aromatic rings. The van der Waals surface area contributed by atoms with E-state index in [1.807, 2.05) is 19.1 Å². The molecule has 6 heteroatoms. The Hall–Kier alpha value is -1.95. The van der Waals surface area contributed by atoms with Gasteiger partial charge >= 0.3 is 6.01 Å². The van der Waals surface area contributed by atoms with Gasteiger partial charge in [0.25, 0.3) is 0 Å². The van der Waals surface area contributed by atoms with Crippen LogP contribution >= 0.6 is 0 Å². The second-order valence-electron chi connectivity index (χ2n) is 5.19. The standard InChI is InChI=1S/C15H19FN4O/c1-2-14-17-18-15(21-14)20-9-7-19(8-10-20)11-12-5-3-4-6-13(12)16/h3-6H,2,7-11H2,1H3. The number of rotatable bonds is 4. The minimum Gasteiger partial charge on any atom is -0.408 e. The highest BCUT2D eigenvalue weighted by molar-refractivity contribution is 5.25. The summed E-state index contributed by atoms with van der Waals surface area (Å²) in [4.78, 5) is 4.33. The molecule has 1 aliphatic rings. The van der Waals surface area contributed by atoms with Crippen molar-refractivity contribution >= 4 is 6.01 Å². The van der Waals surface area contributed by atoms with Crippen molar-refractivity contribution in [2.24, 2.45) is 0 Å². The van der Waals surface area contributed by atoms with Crippen LogP contribution in [0, 0.1) is 5.82 Å². The Morgan fingerprint density at radius 2 is 1.90 bits per heavy atom. The van der Waals surface area contributed by atoms with E-state index in [9.17, 15) is 4.39 Å². The van der Waals surface area contributed by atoms with Gasteiger partial charge in [-0.15, -0.1) is 5.10 Å². The molecule has 0 aliphatic carbocycles. The molecule has 3 rings (SSSR count). The summed E-state index contributed by atoms with van der Waals surface area (Å²) in [6.07, 6.45) is 0.750. The molecule has 0 amide bonds. The number of aryl methyl sites for hydroxylation is 1.